The van der Waals surface area contributed by atoms with Gasteiger partial charge in [-0.05, 0) is 40.2 Å². The van der Waals surface area contributed by atoms with Crippen LogP contribution < -0.4 is 0 Å². The second-order valence-electron chi connectivity index (χ2n) is 5.82. The van der Waals surface area contributed by atoms with Crippen molar-refractivity contribution in [3.63, 3.8) is 0 Å². The summed E-state index contributed by atoms with van der Waals surface area (Å²) < 4.78 is 5.69. The molecule has 3 atom stereocenters. The summed E-state index contributed by atoms with van der Waals surface area (Å²) in [6.07, 6.45) is 4.53. The van der Waals surface area contributed by atoms with Crippen molar-refractivity contribution in [3.05, 3.63) is 17.8 Å². The van der Waals surface area contributed by atoms with E-state index in [0.717, 1.165) is 24.2 Å². The first-order valence-corrected chi connectivity index (χ1v) is 7.07. The van der Waals surface area contributed by atoms with E-state index >= 15 is 0 Å². The Labute approximate surface area is 109 Å². The maximum Gasteiger partial charge on any atom is 0.211 e. The summed E-state index contributed by atoms with van der Waals surface area (Å²) in [7, 11) is 0. The average Bonchev–Trinajstić information content (AvgIpc) is 2.95. The van der Waals surface area contributed by atoms with Crippen LogP contribution in [-0.2, 0) is 0 Å². The van der Waals surface area contributed by atoms with E-state index in [1.54, 1.807) is 0 Å². The SMILES string of the molecule is Cc1cnc(C(C)N2CC3CCCN3CC2C)o1. The molecule has 0 amide bonds. The molecule has 0 aromatic carbocycles. The summed E-state index contributed by atoms with van der Waals surface area (Å²) in [6.45, 7) is 10.1. The van der Waals surface area contributed by atoms with Gasteiger partial charge in [0.25, 0.3) is 0 Å². The molecule has 100 valence electrons. The van der Waals surface area contributed by atoms with E-state index in [1.807, 2.05) is 13.1 Å². The molecule has 0 spiro atoms. The minimum absolute atomic E-state index is 0.288. The van der Waals surface area contributed by atoms with Gasteiger partial charge in [-0.1, -0.05) is 0 Å². The van der Waals surface area contributed by atoms with Crippen LogP contribution in [0.25, 0.3) is 0 Å². The zero-order valence-electron chi connectivity index (χ0n) is 11.6. The summed E-state index contributed by atoms with van der Waals surface area (Å²) in [5.74, 6) is 1.77. The summed E-state index contributed by atoms with van der Waals surface area (Å²) in [5, 5.41) is 0. The lowest BCUT2D eigenvalue weighted by molar-refractivity contribution is 0.0245. The molecule has 3 unspecified atom stereocenters. The zero-order chi connectivity index (χ0) is 12.7. The Bertz CT molecular complexity index is 417. The first-order chi connectivity index (χ1) is 8.65. The minimum atomic E-state index is 0.288. The number of rotatable bonds is 2. The molecule has 1 aromatic rings. The quantitative estimate of drug-likeness (QED) is 0.804. The van der Waals surface area contributed by atoms with Crippen molar-refractivity contribution in [1.82, 2.24) is 14.8 Å². The molecule has 4 nitrogen and oxygen atoms in total. The highest BCUT2D eigenvalue weighted by Gasteiger charge is 2.37. The van der Waals surface area contributed by atoms with Crippen LogP contribution in [0.5, 0.6) is 0 Å². The van der Waals surface area contributed by atoms with Gasteiger partial charge in [-0.15, -0.1) is 0 Å². The third-order valence-corrected chi connectivity index (χ3v) is 4.48. The van der Waals surface area contributed by atoms with Crippen molar-refractivity contribution < 1.29 is 4.42 Å². The average molecular weight is 249 g/mol. The topological polar surface area (TPSA) is 32.5 Å². The molecule has 3 rings (SSSR count). The van der Waals surface area contributed by atoms with Crippen LogP contribution in [0.4, 0.5) is 0 Å². The largest absolute Gasteiger partial charge is 0.444 e. The highest BCUT2D eigenvalue weighted by atomic mass is 16.4. The number of aryl methyl sites for hydroxylation is 1. The van der Waals surface area contributed by atoms with E-state index in [4.69, 9.17) is 4.42 Å². The van der Waals surface area contributed by atoms with Crippen LogP contribution in [0, 0.1) is 6.92 Å². The number of hydrogen-bond donors (Lipinski definition) is 0. The van der Waals surface area contributed by atoms with Crippen LogP contribution in [0.15, 0.2) is 10.6 Å². The standard InChI is InChI=1S/C14H23N3O/c1-10-8-16-6-4-5-13(16)9-17(10)12(3)14-15-7-11(2)18-14/h7,10,12-13H,4-6,8-9H2,1-3H3. The van der Waals surface area contributed by atoms with Crippen molar-refractivity contribution in [2.24, 2.45) is 0 Å². The molecule has 0 aliphatic carbocycles. The van der Waals surface area contributed by atoms with E-state index in [9.17, 15) is 0 Å². The molecule has 18 heavy (non-hydrogen) atoms. The summed E-state index contributed by atoms with van der Waals surface area (Å²) in [6, 6.07) is 1.62. The molecule has 0 saturated carbocycles. The molecule has 2 aliphatic heterocycles. The van der Waals surface area contributed by atoms with Gasteiger partial charge in [0.1, 0.15) is 5.76 Å². The first-order valence-electron chi connectivity index (χ1n) is 7.07. The highest BCUT2D eigenvalue weighted by Crippen LogP contribution is 2.30. The molecule has 2 saturated heterocycles. The molecule has 2 fully saturated rings. The third kappa shape index (κ3) is 2.08. The maximum absolute atomic E-state index is 5.69. The number of nitrogens with zero attached hydrogens (tertiary/aromatic N) is 3. The Morgan fingerprint density at radius 3 is 3.00 bits per heavy atom. The second-order valence-corrected chi connectivity index (χ2v) is 5.82. The van der Waals surface area contributed by atoms with Gasteiger partial charge in [0.2, 0.25) is 5.89 Å². The van der Waals surface area contributed by atoms with E-state index in [2.05, 4.69) is 28.6 Å². The van der Waals surface area contributed by atoms with Crippen molar-refractivity contribution in [2.45, 2.75) is 51.7 Å². The van der Waals surface area contributed by atoms with E-state index in [-0.39, 0.29) is 6.04 Å². The summed E-state index contributed by atoms with van der Waals surface area (Å²) in [4.78, 5) is 9.59. The fourth-order valence-electron chi connectivity index (χ4n) is 3.46. The third-order valence-electron chi connectivity index (χ3n) is 4.48. The van der Waals surface area contributed by atoms with E-state index in [1.165, 1.54) is 25.9 Å². The summed E-state index contributed by atoms with van der Waals surface area (Å²) >= 11 is 0. The van der Waals surface area contributed by atoms with Crippen LogP contribution in [0.2, 0.25) is 0 Å². The molecular weight excluding hydrogens is 226 g/mol. The van der Waals surface area contributed by atoms with Crippen molar-refractivity contribution in [2.75, 3.05) is 19.6 Å². The first kappa shape index (κ1) is 12.2. The van der Waals surface area contributed by atoms with Gasteiger partial charge >= 0.3 is 0 Å². The predicted octanol–water partition coefficient (Wildman–Crippen LogP) is 2.21. The normalized spacial score (nSPS) is 31.5. The van der Waals surface area contributed by atoms with Gasteiger partial charge in [0, 0.05) is 25.2 Å². The number of aromatic nitrogens is 1. The molecule has 3 heterocycles. The molecule has 4 heteroatoms. The van der Waals surface area contributed by atoms with Crippen LogP contribution in [0.1, 0.15) is 44.4 Å². The fraction of sp³-hybridized carbons (Fsp3) is 0.786. The zero-order valence-corrected chi connectivity index (χ0v) is 11.6. The Morgan fingerprint density at radius 2 is 2.28 bits per heavy atom. The Balaban J connectivity index is 1.74. The number of oxazole rings is 1. The molecule has 0 radical (unpaired) electrons. The highest BCUT2D eigenvalue weighted by molar-refractivity contribution is 5.00. The molecular formula is C14H23N3O. The lowest BCUT2D eigenvalue weighted by atomic mass is 10.1. The number of piperazine rings is 1. The number of hydrogen-bond acceptors (Lipinski definition) is 4. The van der Waals surface area contributed by atoms with Crippen molar-refractivity contribution in [1.29, 1.82) is 0 Å². The monoisotopic (exact) mass is 249 g/mol. The lowest BCUT2D eigenvalue weighted by Crippen LogP contribution is -2.55. The molecule has 2 aliphatic rings. The van der Waals surface area contributed by atoms with Gasteiger partial charge in [-0.25, -0.2) is 4.98 Å². The smallest absolute Gasteiger partial charge is 0.211 e. The van der Waals surface area contributed by atoms with Gasteiger partial charge in [0.05, 0.1) is 12.2 Å². The van der Waals surface area contributed by atoms with Crippen molar-refractivity contribution in [3.8, 4) is 0 Å². The second kappa shape index (κ2) is 4.67. The van der Waals surface area contributed by atoms with E-state index in [0.29, 0.717) is 6.04 Å². The Kier molecular flexibility index (Phi) is 3.16. The predicted molar refractivity (Wildman–Crippen MR) is 70.4 cm³/mol. The minimum Gasteiger partial charge on any atom is -0.444 e. The lowest BCUT2D eigenvalue weighted by Gasteiger charge is -2.44. The Hall–Kier alpha value is -0.870. The maximum atomic E-state index is 5.69. The van der Waals surface area contributed by atoms with Gasteiger partial charge < -0.3 is 4.42 Å². The van der Waals surface area contributed by atoms with Crippen molar-refractivity contribution >= 4 is 0 Å². The van der Waals surface area contributed by atoms with Crippen LogP contribution >= 0.6 is 0 Å². The van der Waals surface area contributed by atoms with E-state index < -0.39 is 0 Å². The molecule has 1 aromatic heterocycles. The summed E-state index contributed by atoms with van der Waals surface area (Å²) in [5.41, 5.74) is 0. The van der Waals surface area contributed by atoms with Gasteiger partial charge in [-0.2, -0.15) is 0 Å². The van der Waals surface area contributed by atoms with Gasteiger partial charge in [0.15, 0.2) is 0 Å². The van der Waals surface area contributed by atoms with Crippen LogP contribution in [0.3, 0.4) is 0 Å². The fourth-order valence-corrected chi connectivity index (χ4v) is 3.46. The van der Waals surface area contributed by atoms with Crippen LogP contribution in [-0.4, -0.2) is 46.5 Å². The number of fused-ring (bicyclic) bond motifs is 1. The molecule has 0 bridgehead atoms. The molecule has 0 N–H and O–H groups in total. The Morgan fingerprint density at radius 1 is 1.44 bits per heavy atom. The van der Waals surface area contributed by atoms with Gasteiger partial charge in [-0.3, -0.25) is 9.80 Å².